The summed E-state index contributed by atoms with van der Waals surface area (Å²) in [6.45, 7) is 2.11. The molecule has 4 aromatic rings. The van der Waals surface area contributed by atoms with Crippen LogP contribution in [0.5, 0.6) is 11.5 Å². The number of amides is 1. The van der Waals surface area contributed by atoms with E-state index < -0.39 is 32.9 Å². The van der Waals surface area contributed by atoms with Crippen molar-refractivity contribution in [3.8, 4) is 11.5 Å². The van der Waals surface area contributed by atoms with Gasteiger partial charge in [0.05, 0.1) is 23.9 Å². The third-order valence-corrected chi connectivity index (χ3v) is 10.2. The van der Waals surface area contributed by atoms with Crippen LogP contribution in [0, 0.1) is 5.82 Å². The molecule has 1 aliphatic rings. The lowest BCUT2D eigenvalue weighted by Gasteiger charge is -2.29. The normalized spacial score (nSPS) is 14.1. The maximum atomic E-state index is 15.7. The number of methoxy groups -OCH3 is 1. The number of aromatic nitrogens is 1. The van der Waals surface area contributed by atoms with Crippen molar-refractivity contribution < 1.29 is 27.1 Å². The van der Waals surface area contributed by atoms with Gasteiger partial charge in [-0.2, -0.15) is 0 Å². The van der Waals surface area contributed by atoms with Crippen molar-refractivity contribution in [1.29, 1.82) is 0 Å². The number of pyridine rings is 1. The predicted octanol–water partition coefficient (Wildman–Crippen LogP) is 5.50. The van der Waals surface area contributed by atoms with Gasteiger partial charge < -0.3 is 25.4 Å². The van der Waals surface area contributed by atoms with Crippen molar-refractivity contribution in [3.63, 3.8) is 0 Å². The Hall–Kier alpha value is -4.38. The molecule has 0 radical (unpaired) electrons. The lowest BCUT2D eigenvalue weighted by atomic mass is 10.00. The zero-order chi connectivity index (χ0) is 30.7. The Morgan fingerprint density at radius 2 is 1.91 bits per heavy atom. The lowest BCUT2D eigenvalue weighted by molar-refractivity contribution is -0.131. The quantitative estimate of drug-likeness (QED) is 0.229. The number of halogens is 1. The standard InChI is InChI=1S/C32H35FN4O5S/c1-4-42-28-17-25(26(33)18-27(28)41-3)30(36-22-12-13-24-20(16-22)14-15-35-31(24)34)32(38)37(2)19-21-8-5-6-11-29(21)43(39,40)23-9-7-10-23/h5-6,8,11-18,23,30,36H,4,7,9-10,19H2,1-3H3,(H2,34,35). The van der Waals surface area contributed by atoms with Crippen molar-refractivity contribution in [2.24, 2.45) is 0 Å². The van der Waals surface area contributed by atoms with Crippen LogP contribution in [0.2, 0.25) is 0 Å². The van der Waals surface area contributed by atoms with E-state index in [1.54, 1.807) is 68.7 Å². The Morgan fingerprint density at radius 1 is 1.14 bits per heavy atom. The first-order valence-electron chi connectivity index (χ1n) is 14.1. The first kappa shape index (κ1) is 30.1. The third-order valence-electron chi connectivity index (χ3n) is 7.80. The van der Waals surface area contributed by atoms with Crippen molar-refractivity contribution in [3.05, 3.63) is 83.8 Å². The second-order valence-electron chi connectivity index (χ2n) is 10.6. The molecule has 226 valence electrons. The van der Waals surface area contributed by atoms with E-state index in [1.165, 1.54) is 24.1 Å². The van der Waals surface area contributed by atoms with E-state index in [1.807, 2.05) is 0 Å². The molecule has 1 aromatic heterocycles. The summed E-state index contributed by atoms with van der Waals surface area (Å²) in [4.78, 5) is 19.9. The third kappa shape index (κ3) is 6.08. The number of ether oxygens (including phenoxy) is 2. The molecular weight excluding hydrogens is 571 g/mol. The molecule has 3 N–H and O–H groups in total. The zero-order valence-electron chi connectivity index (χ0n) is 24.3. The Balaban J connectivity index is 1.53. The average molecular weight is 607 g/mol. The number of rotatable bonds is 11. The minimum Gasteiger partial charge on any atom is -0.493 e. The summed E-state index contributed by atoms with van der Waals surface area (Å²) in [6.07, 6.45) is 3.73. The van der Waals surface area contributed by atoms with Crippen LogP contribution >= 0.6 is 0 Å². The number of hydrogen-bond acceptors (Lipinski definition) is 8. The van der Waals surface area contributed by atoms with Crippen LogP contribution in [0.1, 0.15) is 43.4 Å². The summed E-state index contributed by atoms with van der Waals surface area (Å²) in [5.74, 6) is -0.280. The monoisotopic (exact) mass is 606 g/mol. The topological polar surface area (TPSA) is 124 Å². The van der Waals surface area contributed by atoms with E-state index in [0.29, 0.717) is 36.5 Å². The number of sulfone groups is 1. The van der Waals surface area contributed by atoms with E-state index in [0.717, 1.165) is 17.2 Å². The number of carbonyl (C=O) groups is 1. The molecule has 1 aliphatic carbocycles. The second-order valence-corrected chi connectivity index (χ2v) is 12.8. The van der Waals surface area contributed by atoms with Gasteiger partial charge in [-0.15, -0.1) is 0 Å². The van der Waals surface area contributed by atoms with Gasteiger partial charge in [-0.05, 0) is 67.1 Å². The fourth-order valence-corrected chi connectivity index (χ4v) is 7.34. The molecule has 0 bridgehead atoms. The van der Waals surface area contributed by atoms with E-state index in [2.05, 4.69) is 10.3 Å². The number of benzene rings is 3. The van der Waals surface area contributed by atoms with Crippen molar-refractivity contribution in [1.82, 2.24) is 9.88 Å². The van der Waals surface area contributed by atoms with Gasteiger partial charge in [-0.1, -0.05) is 24.6 Å². The summed E-state index contributed by atoms with van der Waals surface area (Å²) in [5.41, 5.74) is 7.11. The minimum atomic E-state index is -3.54. The summed E-state index contributed by atoms with van der Waals surface area (Å²) in [5, 5.41) is 4.32. The molecule has 1 heterocycles. The predicted molar refractivity (Wildman–Crippen MR) is 164 cm³/mol. The fraction of sp³-hybridized carbons (Fsp3) is 0.312. The molecule has 5 rings (SSSR count). The van der Waals surface area contributed by atoms with E-state index >= 15 is 4.39 Å². The molecule has 9 nitrogen and oxygen atoms in total. The maximum absolute atomic E-state index is 15.7. The largest absolute Gasteiger partial charge is 0.493 e. The summed E-state index contributed by atoms with van der Waals surface area (Å²) < 4.78 is 53.3. The van der Waals surface area contributed by atoms with Crippen molar-refractivity contribution in [2.45, 2.75) is 48.9 Å². The first-order chi connectivity index (χ1) is 20.6. The zero-order valence-corrected chi connectivity index (χ0v) is 25.2. The number of hydrogen-bond donors (Lipinski definition) is 2. The molecule has 1 fully saturated rings. The lowest BCUT2D eigenvalue weighted by Crippen LogP contribution is -2.36. The molecule has 1 saturated carbocycles. The van der Waals surface area contributed by atoms with Gasteiger partial charge in [0.2, 0.25) is 5.91 Å². The van der Waals surface area contributed by atoms with E-state index in [9.17, 15) is 13.2 Å². The van der Waals surface area contributed by atoms with Crippen LogP contribution in [0.3, 0.4) is 0 Å². The number of fused-ring (bicyclic) bond motifs is 1. The second kappa shape index (κ2) is 12.5. The maximum Gasteiger partial charge on any atom is 0.249 e. The van der Waals surface area contributed by atoms with Gasteiger partial charge in [0.15, 0.2) is 21.3 Å². The van der Waals surface area contributed by atoms with Gasteiger partial charge in [-0.25, -0.2) is 17.8 Å². The van der Waals surface area contributed by atoms with Gasteiger partial charge in [0.25, 0.3) is 0 Å². The smallest absolute Gasteiger partial charge is 0.249 e. The molecule has 0 saturated heterocycles. The van der Waals surface area contributed by atoms with Crippen LogP contribution in [-0.4, -0.2) is 50.2 Å². The molecule has 3 aromatic carbocycles. The summed E-state index contributed by atoms with van der Waals surface area (Å²) in [7, 11) is -0.551. The number of anilines is 2. The average Bonchev–Trinajstić information content (AvgIpc) is 2.95. The molecule has 1 unspecified atom stereocenters. The van der Waals surface area contributed by atoms with Crippen molar-refractivity contribution >= 4 is 38.0 Å². The van der Waals surface area contributed by atoms with Gasteiger partial charge in [0.1, 0.15) is 17.7 Å². The highest BCUT2D eigenvalue weighted by Gasteiger charge is 2.35. The summed E-state index contributed by atoms with van der Waals surface area (Å²) in [6, 6.07) is 15.3. The van der Waals surface area contributed by atoms with E-state index in [-0.39, 0.29) is 28.5 Å². The molecule has 1 amide bonds. The van der Waals surface area contributed by atoms with Crippen LogP contribution in [0.15, 0.2) is 71.8 Å². The van der Waals surface area contributed by atoms with Crippen molar-refractivity contribution in [2.75, 3.05) is 31.8 Å². The number of nitrogens with zero attached hydrogens (tertiary/aromatic N) is 2. The molecule has 0 spiro atoms. The van der Waals surface area contributed by atoms with Gasteiger partial charge >= 0.3 is 0 Å². The van der Waals surface area contributed by atoms with Gasteiger partial charge in [0, 0.05) is 42.5 Å². The Kier molecular flexibility index (Phi) is 8.72. The number of likely N-dealkylation sites (N-methyl/N-ethyl adjacent to an activating group) is 1. The van der Waals surface area contributed by atoms with Gasteiger partial charge in [-0.3, -0.25) is 4.79 Å². The Labute approximate surface area is 250 Å². The Morgan fingerprint density at radius 3 is 2.60 bits per heavy atom. The molecule has 1 atom stereocenters. The molecule has 11 heteroatoms. The number of carbonyl (C=O) groups excluding carboxylic acids is 1. The molecule has 0 aliphatic heterocycles. The Bertz CT molecular complexity index is 1760. The number of nitrogen functional groups attached to an aromatic ring is 1. The highest BCUT2D eigenvalue weighted by Crippen LogP contribution is 2.36. The highest BCUT2D eigenvalue weighted by molar-refractivity contribution is 7.92. The molecular formula is C32H35FN4O5S. The fourth-order valence-electron chi connectivity index (χ4n) is 5.26. The van der Waals surface area contributed by atoms with E-state index in [4.69, 9.17) is 15.2 Å². The first-order valence-corrected chi connectivity index (χ1v) is 15.7. The molecule has 43 heavy (non-hydrogen) atoms. The van der Waals surface area contributed by atoms with Crippen LogP contribution in [0.25, 0.3) is 10.8 Å². The van der Waals surface area contributed by atoms with Crippen LogP contribution in [-0.2, 0) is 21.2 Å². The van der Waals surface area contributed by atoms with Crippen LogP contribution in [0.4, 0.5) is 15.9 Å². The minimum absolute atomic E-state index is 0.00908. The highest BCUT2D eigenvalue weighted by atomic mass is 32.2. The van der Waals surface area contributed by atoms with Crippen LogP contribution < -0.4 is 20.5 Å². The summed E-state index contributed by atoms with van der Waals surface area (Å²) >= 11 is 0. The number of nitrogens with two attached hydrogens (primary N) is 1. The number of nitrogens with one attached hydrogen (secondary N) is 1. The SMILES string of the molecule is CCOc1cc(C(Nc2ccc3c(N)nccc3c2)C(=O)N(C)Cc2ccccc2S(=O)(=O)C2CCC2)c(F)cc1OC.